The minimum absolute atomic E-state index is 0.0487. The Kier molecular flexibility index (Phi) is 5.67. The monoisotopic (exact) mass is 391 g/mol. The van der Waals surface area contributed by atoms with E-state index in [1.807, 2.05) is 4.72 Å². The Morgan fingerprint density at radius 1 is 1.15 bits per heavy atom. The number of benzene rings is 2. The van der Waals surface area contributed by atoms with Crippen LogP contribution >= 0.6 is 0 Å². The number of hydrogen-bond donors (Lipinski definition) is 1. The summed E-state index contributed by atoms with van der Waals surface area (Å²) in [6.07, 6.45) is -4.55. The number of ether oxygens (including phenoxy) is 1. The minimum atomic E-state index is -4.55. The molecule has 10 heteroatoms. The smallest absolute Gasteiger partial charge is 0.416 e. The molecular formula is C16H13F4NO4S. The van der Waals surface area contributed by atoms with E-state index in [-0.39, 0.29) is 10.5 Å². The summed E-state index contributed by atoms with van der Waals surface area (Å²) in [6, 6.07) is 6.64. The van der Waals surface area contributed by atoms with E-state index >= 15 is 0 Å². The third-order valence-corrected chi connectivity index (χ3v) is 4.77. The fraction of sp³-hybridized carbons (Fsp3) is 0.188. The quantitative estimate of drug-likeness (QED) is 0.628. The molecular weight excluding hydrogens is 378 g/mol. The Labute approximate surface area is 146 Å². The lowest BCUT2D eigenvalue weighted by Crippen LogP contribution is -2.19. The molecule has 0 aromatic heterocycles. The first kappa shape index (κ1) is 19.9. The summed E-state index contributed by atoms with van der Waals surface area (Å²) < 4.78 is 82.0. The minimum Gasteiger partial charge on any atom is -0.457 e. The standard InChI is InChI=1S/C16H13F4NO4S/c1-21-26(23,24)12-5-6-14(17)13(8-12)15(22)25-9-10-3-2-4-11(7-10)16(18,19)20/h2-8,21H,9H2,1H3. The van der Waals surface area contributed by atoms with Gasteiger partial charge in [0.15, 0.2) is 0 Å². The van der Waals surface area contributed by atoms with Crippen LogP contribution in [0.1, 0.15) is 21.5 Å². The first-order chi connectivity index (χ1) is 12.0. The molecule has 0 radical (unpaired) electrons. The third kappa shape index (κ3) is 4.58. The number of sulfonamides is 1. The lowest BCUT2D eigenvalue weighted by molar-refractivity contribution is -0.137. The Morgan fingerprint density at radius 2 is 1.85 bits per heavy atom. The molecule has 0 atom stereocenters. The topological polar surface area (TPSA) is 72.5 Å². The van der Waals surface area contributed by atoms with Crippen LogP contribution in [-0.4, -0.2) is 21.4 Å². The van der Waals surface area contributed by atoms with Crippen molar-refractivity contribution in [1.82, 2.24) is 4.72 Å². The molecule has 0 saturated heterocycles. The van der Waals surface area contributed by atoms with E-state index in [2.05, 4.69) is 0 Å². The van der Waals surface area contributed by atoms with Crippen LogP contribution in [-0.2, 0) is 27.5 Å². The zero-order chi connectivity index (χ0) is 19.5. The zero-order valence-electron chi connectivity index (χ0n) is 13.3. The number of carbonyl (C=O) groups excluding carboxylic acids is 1. The van der Waals surface area contributed by atoms with Crippen LogP contribution < -0.4 is 4.72 Å². The van der Waals surface area contributed by atoms with Crippen molar-refractivity contribution in [2.75, 3.05) is 7.05 Å². The highest BCUT2D eigenvalue weighted by molar-refractivity contribution is 7.89. The second-order valence-corrected chi connectivity index (χ2v) is 7.01. The summed E-state index contributed by atoms with van der Waals surface area (Å²) in [4.78, 5) is 11.6. The van der Waals surface area contributed by atoms with E-state index in [0.29, 0.717) is 0 Å². The van der Waals surface area contributed by atoms with Gasteiger partial charge in [-0.05, 0) is 42.9 Å². The number of carbonyl (C=O) groups is 1. The molecule has 0 bridgehead atoms. The maximum atomic E-state index is 13.8. The first-order valence-electron chi connectivity index (χ1n) is 7.11. The predicted molar refractivity (Wildman–Crippen MR) is 83.2 cm³/mol. The third-order valence-electron chi connectivity index (χ3n) is 3.36. The normalized spacial score (nSPS) is 12.0. The van der Waals surface area contributed by atoms with Crippen molar-refractivity contribution in [1.29, 1.82) is 0 Å². The molecule has 0 spiro atoms. The first-order valence-corrected chi connectivity index (χ1v) is 8.59. The van der Waals surface area contributed by atoms with Crippen LogP contribution in [0.3, 0.4) is 0 Å². The van der Waals surface area contributed by atoms with Gasteiger partial charge in [-0.1, -0.05) is 12.1 Å². The van der Waals surface area contributed by atoms with Gasteiger partial charge in [-0.3, -0.25) is 0 Å². The van der Waals surface area contributed by atoms with Gasteiger partial charge in [-0.25, -0.2) is 22.3 Å². The highest BCUT2D eigenvalue weighted by Crippen LogP contribution is 2.29. The highest BCUT2D eigenvalue weighted by Gasteiger charge is 2.30. The summed E-state index contributed by atoms with van der Waals surface area (Å²) in [6.45, 7) is -0.537. The number of halogens is 4. The van der Waals surface area contributed by atoms with Crippen molar-refractivity contribution >= 4 is 16.0 Å². The molecule has 0 unspecified atom stereocenters. The van der Waals surface area contributed by atoms with E-state index in [9.17, 15) is 30.8 Å². The van der Waals surface area contributed by atoms with Gasteiger partial charge in [-0.15, -0.1) is 0 Å². The van der Waals surface area contributed by atoms with Crippen LogP contribution in [0.5, 0.6) is 0 Å². The molecule has 140 valence electrons. The van der Waals surface area contributed by atoms with Crippen molar-refractivity contribution in [3.8, 4) is 0 Å². The van der Waals surface area contributed by atoms with Crippen LogP contribution in [0.25, 0.3) is 0 Å². The summed E-state index contributed by atoms with van der Waals surface area (Å²) >= 11 is 0. The summed E-state index contributed by atoms with van der Waals surface area (Å²) in [7, 11) is -2.77. The Balaban J connectivity index is 2.20. The second kappa shape index (κ2) is 7.42. The highest BCUT2D eigenvalue weighted by atomic mass is 32.2. The van der Waals surface area contributed by atoms with Crippen molar-refractivity contribution in [2.45, 2.75) is 17.7 Å². The second-order valence-electron chi connectivity index (χ2n) is 5.12. The van der Waals surface area contributed by atoms with Crippen LogP contribution in [0.2, 0.25) is 0 Å². The molecule has 0 heterocycles. The maximum Gasteiger partial charge on any atom is 0.416 e. The van der Waals surface area contributed by atoms with Gasteiger partial charge in [-0.2, -0.15) is 13.2 Å². The van der Waals surface area contributed by atoms with Gasteiger partial charge in [0.1, 0.15) is 12.4 Å². The fourth-order valence-electron chi connectivity index (χ4n) is 2.01. The van der Waals surface area contributed by atoms with Gasteiger partial charge in [0.2, 0.25) is 10.0 Å². The molecule has 0 aliphatic heterocycles. The molecule has 2 rings (SSSR count). The molecule has 1 N–H and O–H groups in total. The number of nitrogens with one attached hydrogen (secondary N) is 1. The predicted octanol–water partition coefficient (Wildman–Crippen LogP) is 3.11. The van der Waals surface area contributed by atoms with Gasteiger partial charge in [0.25, 0.3) is 0 Å². The van der Waals surface area contributed by atoms with Crippen molar-refractivity contribution < 1.29 is 35.5 Å². The number of alkyl halides is 3. The summed E-state index contributed by atoms with van der Waals surface area (Å²) in [5.74, 6) is -2.22. The van der Waals surface area contributed by atoms with Crippen molar-refractivity contribution in [3.63, 3.8) is 0 Å². The van der Waals surface area contributed by atoms with Gasteiger partial charge in [0.05, 0.1) is 16.0 Å². The molecule has 0 aliphatic rings. The van der Waals surface area contributed by atoms with E-state index in [1.165, 1.54) is 6.07 Å². The molecule has 0 saturated carbocycles. The average molecular weight is 391 g/mol. The molecule has 0 amide bonds. The van der Waals surface area contributed by atoms with Crippen LogP contribution in [0.15, 0.2) is 47.4 Å². The molecule has 2 aromatic carbocycles. The van der Waals surface area contributed by atoms with Crippen LogP contribution in [0, 0.1) is 5.82 Å². The molecule has 0 aliphatic carbocycles. The number of rotatable bonds is 5. The lowest BCUT2D eigenvalue weighted by atomic mass is 10.1. The SMILES string of the molecule is CNS(=O)(=O)c1ccc(F)c(C(=O)OCc2cccc(C(F)(F)F)c2)c1. The van der Waals surface area contributed by atoms with Gasteiger partial charge in [0, 0.05) is 0 Å². The van der Waals surface area contributed by atoms with Gasteiger partial charge >= 0.3 is 12.1 Å². The largest absolute Gasteiger partial charge is 0.457 e. The van der Waals surface area contributed by atoms with Crippen LogP contribution in [0.4, 0.5) is 17.6 Å². The Bertz CT molecular complexity index is 926. The van der Waals surface area contributed by atoms with E-state index in [4.69, 9.17) is 4.74 Å². The molecule has 2 aromatic rings. The van der Waals surface area contributed by atoms with Crippen molar-refractivity contribution in [3.05, 3.63) is 65.0 Å². The molecule has 0 fully saturated rings. The summed E-state index contributed by atoms with van der Waals surface area (Å²) in [5, 5.41) is 0. The van der Waals surface area contributed by atoms with Crippen molar-refractivity contribution in [2.24, 2.45) is 0 Å². The zero-order valence-corrected chi connectivity index (χ0v) is 14.1. The van der Waals surface area contributed by atoms with Gasteiger partial charge < -0.3 is 4.74 Å². The average Bonchev–Trinajstić information content (AvgIpc) is 2.59. The lowest BCUT2D eigenvalue weighted by Gasteiger charge is -2.10. The van der Waals surface area contributed by atoms with E-state index in [0.717, 1.165) is 43.4 Å². The molecule has 26 heavy (non-hydrogen) atoms. The Hall–Kier alpha value is -2.46. The molecule has 5 nitrogen and oxygen atoms in total. The van der Waals surface area contributed by atoms with E-state index in [1.54, 1.807) is 0 Å². The maximum absolute atomic E-state index is 13.8. The van der Waals surface area contributed by atoms with E-state index < -0.39 is 45.7 Å². The fourth-order valence-corrected chi connectivity index (χ4v) is 2.77. The number of esters is 1. The number of hydrogen-bond acceptors (Lipinski definition) is 4. The Morgan fingerprint density at radius 3 is 2.46 bits per heavy atom. The summed E-state index contributed by atoms with van der Waals surface area (Å²) in [5.41, 5.74) is -1.51.